The van der Waals surface area contributed by atoms with Crippen molar-refractivity contribution in [3.63, 3.8) is 0 Å². The molecular formula is C18H32. The SMILES string of the molecule is CCCCC=C=CC/C=C/CCCCCCCC. The number of hydrogen-bond acceptors (Lipinski definition) is 0. The van der Waals surface area contributed by atoms with E-state index in [1.807, 2.05) is 0 Å². The predicted octanol–water partition coefficient (Wildman–Crippen LogP) is 6.58. The summed E-state index contributed by atoms with van der Waals surface area (Å²) in [7, 11) is 0. The Bertz CT molecular complexity index is 228. The molecule has 0 aromatic heterocycles. The van der Waals surface area contributed by atoms with Crippen LogP contribution in [-0.4, -0.2) is 0 Å². The third-order valence-electron chi connectivity index (χ3n) is 3.08. The summed E-state index contributed by atoms with van der Waals surface area (Å²) >= 11 is 0. The molecule has 0 atom stereocenters. The van der Waals surface area contributed by atoms with Crippen LogP contribution in [0.4, 0.5) is 0 Å². The lowest BCUT2D eigenvalue weighted by atomic mass is 10.1. The van der Waals surface area contributed by atoms with Gasteiger partial charge in [0.1, 0.15) is 0 Å². The zero-order valence-corrected chi connectivity index (χ0v) is 12.6. The van der Waals surface area contributed by atoms with Gasteiger partial charge < -0.3 is 0 Å². The summed E-state index contributed by atoms with van der Waals surface area (Å²) in [4.78, 5) is 0. The molecule has 0 heterocycles. The van der Waals surface area contributed by atoms with E-state index >= 15 is 0 Å². The Kier molecular flexibility index (Phi) is 15.6. The third kappa shape index (κ3) is 15.3. The summed E-state index contributed by atoms with van der Waals surface area (Å²) < 4.78 is 0. The summed E-state index contributed by atoms with van der Waals surface area (Å²) in [6.07, 6.45) is 23.3. The maximum absolute atomic E-state index is 3.24. The maximum atomic E-state index is 3.24. The fourth-order valence-electron chi connectivity index (χ4n) is 1.87. The van der Waals surface area contributed by atoms with Crippen molar-refractivity contribution in [3.8, 4) is 0 Å². The first kappa shape index (κ1) is 17.3. The lowest BCUT2D eigenvalue weighted by Gasteiger charge is -1.97. The van der Waals surface area contributed by atoms with E-state index in [-0.39, 0.29) is 0 Å². The Morgan fingerprint density at radius 1 is 0.667 bits per heavy atom. The lowest BCUT2D eigenvalue weighted by molar-refractivity contribution is 0.611. The van der Waals surface area contributed by atoms with E-state index in [4.69, 9.17) is 0 Å². The second kappa shape index (κ2) is 16.3. The fraction of sp³-hybridized carbons (Fsp3) is 0.722. The van der Waals surface area contributed by atoms with E-state index in [9.17, 15) is 0 Å². The minimum Gasteiger partial charge on any atom is -0.129 e. The molecule has 0 unspecified atom stereocenters. The molecule has 0 aromatic rings. The van der Waals surface area contributed by atoms with Gasteiger partial charge in [0.2, 0.25) is 0 Å². The monoisotopic (exact) mass is 248 g/mol. The average Bonchev–Trinajstić information content (AvgIpc) is 2.39. The molecular weight excluding hydrogens is 216 g/mol. The second-order valence-corrected chi connectivity index (χ2v) is 4.98. The van der Waals surface area contributed by atoms with Gasteiger partial charge in [-0.2, -0.15) is 0 Å². The molecule has 104 valence electrons. The molecule has 0 amide bonds. The third-order valence-corrected chi connectivity index (χ3v) is 3.08. The molecule has 0 saturated heterocycles. The van der Waals surface area contributed by atoms with Crippen LogP contribution in [0.1, 0.15) is 84.5 Å². The molecule has 0 aromatic carbocycles. The van der Waals surface area contributed by atoms with E-state index in [0.717, 1.165) is 6.42 Å². The van der Waals surface area contributed by atoms with Crippen molar-refractivity contribution in [3.05, 3.63) is 30.0 Å². The van der Waals surface area contributed by atoms with Gasteiger partial charge in [-0.3, -0.25) is 0 Å². The summed E-state index contributed by atoms with van der Waals surface area (Å²) in [6.45, 7) is 4.50. The van der Waals surface area contributed by atoms with Gasteiger partial charge in [-0.25, -0.2) is 0 Å². The Morgan fingerprint density at radius 3 is 2.17 bits per heavy atom. The first-order valence-corrected chi connectivity index (χ1v) is 7.96. The van der Waals surface area contributed by atoms with Crippen molar-refractivity contribution >= 4 is 0 Å². The number of unbranched alkanes of at least 4 members (excludes halogenated alkanes) is 8. The van der Waals surface area contributed by atoms with Gasteiger partial charge in [0, 0.05) is 0 Å². The molecule has 0 rings (SSSR count). The Hall–Kier alpha value is -0.740. The number of rotatable bonds is 12. The van der Waals surface area contributed by atoms with Gasteiger partial charge in [-0.1, -0.05) is 64.5 Å². The first-order chi connectivity index (χ1) is 8.91. The number of hydrogen-bond donors (Lipinski definition) is 0. The molecule has 0 N–H and O–H groups in total. The van der Waals surface area contributed by atoms with Gasteiger partial charge in [0.05, 0.1) is 0 Å². The molecule has 0 aliphatic heterocycles. The fourth-order valence-corrected chi connectivity index (χ4v) is 1.87. The summed E-state index contributed by atoms with van der Waals surface area (Å²) in [5, 5.41) is 0. The first-order valence-electron chi connectivity index (χ1n) is 7.96. The molecule has 0 nitrogen and oxygen atoms in total. The van der Waals surface area contributed by atoms with Crippen LogP contribution < -0.4 is 0 Å². The molecule has 18 heavy (non-hydrogen) atoms. The van der Waals surface area contributed by atoms with E-state index in [0.29, 0.717) is 0 Å². The summed E-state index contributed by atoms with van der Waals surface area (Å²) in [6, 6.07) is 0. The quantitative estimate of drug-likeness (QED) is 0.208. The minimum absolute atomic E-state index is 1.04. The van der Waals surface area contributed by atoms with Gasteiger partial charge in [0.15, 0.2) is 0 Å². The van der Waals surface area contributed by atoms with Crippen LogP contribution in [0.25, 0.3) is 0 Å². The van der Waals surface area contributed by atoms with Crippen LogP contribution in [0.2, 0.25) is 0 Å². The van der Waals surface area contributed by atoms with E-state index in [1.54, 1.807) is 0 Å². The normalized spacial score (nSPS) is 10.6. The van der Waals surface area contributed by atoms with Crippen LogP contribution in [0.15, 0.2) is 30.0 Å². The zero-order valence-electron chi connectivity index (χ0n) is 12.6. The van der Waals surface area contributed by atoms with Crippen molar-refractivity contribution in [1.82, 2.24) is 0 Å². The molecule has 0 saturated carbocycles. The van der Waals surface area contributed by atoms with Gasteiger partial charge >= 0.3 is 0 Å². The van der Waals surface area contributed by atoms with Gasteiger partial charge in [-0.05, 0) is 44.3 Å². The van der Waals surface area contributed by atoms with Crippen LogP contribution in [0.3, 0.4) is 0 Å². The molecule has 0 bridgehead atoms. The predicted molar refractivity (Wildman–Crippen MR) is 83.9 cm³/mol. The van der Waals surface area contributed by atoms with Gasteiger partial charge in [0.25, 0.3) is 0 Å². The van der Waals surface area contributed by atoms with Crippen molar-refractivity contribution in [2.24, 2.45) is 0 Å². The second-order valence-electron chi connectivity index (χ2n) is 4.98. The van der Waals surface area contributed by atoms with E-state index in [1.165, 1.54) is 64.2 Å². The maximum Gasteiger partial charge on any atom is -0.00930 e. The molecule has 0 fully saturated rings. The highest BCUT2D eigenvalue weighted by Crippen LogP contribution is 2.07. The lowest BCUT2D eigenvalue weighted by Crippen LogP contribution is -1.77. The smallest absolute Gasteiger partial charge is 0.00930 e. The van der Waals surface area contributed by atoms with Crippen LogP contribution >= 0.6 is 0 Å². The van der Waals surface area contributed by atoms with Crippen LogP contribution in [0, 0.1) is 0 Å². The molecule has 0 heteroatoms. The molecule has 0 aliphatic rings. The Morgan fingerprint density at radius 2 is 1.39 bits per heavy atom. The highest BCUT2D eigenvalue weighted by Gasteiger charge is 1.87. The van der Waals surface area contributed by atoms with Crippen LogP contribution in [-0.2, 0) is 0 Å². The van der Waals surface area contributed by atoms with Gasteiger partial charge in [-0.15, -0.1) is 5.73 Å². The molecule has 0 spiro atoms. The highest BCUT2D eigenvalue weighted by molar-refractivity contribution is 4.93. The molecule has 0 aliphatic carbocycles. The topological polar surface area (TPSA) is 0 Å². The largest absolute Gasteiger partial charge is 0.129 e. The average molecular weight is 248 g/mol. The van der Waals surface area contributed by atoms with Crippen molar-refractivity contribution in [2.75, 3.05) is 0 Å². The van der Waals surface area contributed by atoms with Crippen LogP contribution in [0.5, 0.6) is 0 Å². The Labute approximate surface area is 115 Å². The summed E-state index contributed by atoms with van der Waals surface area (Å²) in [5.74, 6) is 0. The Balaban J connectivity index is 3.25. The van der Waals surface area contributed by atoms with Crippen molar-refractivity contribution in [1.29, 1.82) is 0 Å². The zero-order chi connectivity index (χ0) is 13.3. The standard InChI is InChI=1S/C18H32/c1-3-5-7-9-11-13-15-17-18-16-14-12-10-8-6-4-2/h9,13,17-18H,3-8,10,12,14-16H2,1-2H3/b18-17+. The van der Waals surface area contributed by atoms with E-state index in [2.05, 4.69) is 43.9 Å². The van der Waals surface area contributed by atoms with Crippen molar-refractivity contribution < 1.29 is 0 Å². The number of allylic oxidation sites excluding steroid dienone is 3. The minimum atomic E-state index is 1.04. The van der Waals surface area contributed by atoms with E-state index < -0.39 is 0 Å². The molecule has 0 radical (unpaired) electrons. The summed E-state index contributed by atoms with van der Waals surface area (Å²) in [5.41, 5.74) is 3.24. The van der Waals surface area contributed by atoms with Crippen molar-refractivity contribution in [2.45, 2.75) is 84.5 Å². The highest BCUT2D eigenvalue weighted by atomic mass is 13.9.